The minimum atomic E-state index is -0.139. The lowest BCUT2D eigenvalue weighted by atomic mass is 9.85. The number of nitrogens with one attached hydrogen (secondary N) is 1. The fraction of sp³-hybridized carbons (Fsp3) is 0.316. The molecule has 2 rings (SSSR count). The largest absolute Gasteiger partial charge is 0.326 e. The summed E-state index contributed by atoms with van der Waals surface area (Å²) in [6, 6.07) is 17.7. The lowest BCUT2D eigenvalue weighted by Gasteiger charge is -2.23. The normalized spacial score (nSPS) is 13.4. The van der Waals surface area contributed by atoms with Crippen LogP contribution in [-0.2, 0) is 11.3 Å². The summed E-state index contributed by atoms with van der Waals surface area (Å²) in [5.41, 5.74) is 8.53. The SMILES string of the molecule is CCC(C)C(C(=O)Nc1ccc(CN)cc1)c1ccccc1. The van der Waals surface area contributed by atoms with E-state index >= 15 is 0 Å². The van der Waals surface area contributed by atoms with Crippen LogP contribution < -0.4 is 11.1 Å². The van der Waals surface area contributed by atoms with Crippen LogP contribution >= 0.6 is 0 Å². The summed E-state index contributed by atoms with van der Waals surface area (Å²) >= 11 is 0. The van der Waals surface area contributed by atoms with Gasteiger partial charge in [0, 0.05) is 12.2 Å². The summed E-state index contributed by atoms with van der Waals surface area (Å²) in [7, 11) is 0. The minimum absolute atomic E-state index is 0.0426. The van der Waals surface area contributed by atoms with E-state index in [9.17, 15) is 4.79 Å². The molecule has 3 heteroatoms. The number of hydrogen-bond donors (Lipinski definition) is 2. The average molecular weight is 296 g/mol. The molecule has 0 heterocycles. The first-order valence-corrected chi connectivity index (χ1v) is 7.80. The zero-order chi connectivity index (χ0) is 15.9. The van der Waals surface area contributed by atoms with E-state index in [0.29, 0.717) is 6.54 Å². The van der Waals surface area contributed by atoms with Crippen LogP contribution in [0.5, 0.6) is 0 Å². The Balaban J connectivity index is 2.18. The van der Waals surface area contributed by atoms with Crippen molar-refractivity contribution in [2.24, 2.45) is 11.7 Å². The number of benzene rings is 2. The Kier molecular flexibility index (Phi) is 5.73. The van der Waals surface area contributed by atoms with Crippen molar-refractivity contribution in [3.05, 3.63) is 65.7 Å². The third-order valence-corrected chi connectivity index (χ3v) is 4.11. The van der Waals surface area contributed by atoms with Crippen LogP contribution in [0.15, 0.2) is 54.6 Å². The maximum atomic E-state index is 12.7. The van der Waals surface area contributed by atoms with Crippen LogP contribution in [0.2, 0.25) is 0 Å². The van der Waals surface area contributed by atoms with Gasteiger partial charge in [-0.25, -0.2) is 0 Å². The van der Waals surface area contributed by atoms with Gasteiger partial charge in [-0.15, -0.1) is 0 Å². The number of carbonyl (C=O) groups excluding carboxylic acids is 1. The van der Waals surface area contributed by atoms with Crippen molar-refractivity contribution in [1.29, 1.82) is 0 Å². The molecule has 3 nitrogen and oxygen atoms in total. The highest BCUT2D eigenvalue weighted by Gasteiger charge is 2.25. The molecule has 2 aromatic rings. The van der Waals surface area contributed by atoms with Gasteiger partial charge >= 0.3 is 0 Å². The molecule has 0 bridgehead atoms. The molecule has 3 N–H and O–H groups in total. The quantitative estimate of drug-likeness (QED) is 0.849. The molecule has 0 aromatic heterocycles. The zero-order valence-electron chi connectivity index (χ0n) is 13.3. The molecule has 2 atom stereocenters. The maximum Gasteiger partial charge on any atom is 0.232 e. The van der Waals surface area contributed by atoms with Crippen LogP contribution in [0.25, 0.3) is 0 Å². The molecule has 1 amide bonds. The molecule has 0 saturated carbocycles. The Hall–Kier alpha value is -2.13. The van der Waals surface area contributed by atoms with E-state index < -0.39 is 0 Å². The first kappa shape index (κ1) is 16.2. The average Bonchev–Trinajstić information content (AvgIpc) is 2.56. The molecule has 22 heavy (non-hydrogen) atoms. The molecule has 0 aliphatic carbocycles. The molecule has 2 unspecified atom stereocenters. The molecular weight excluding hydrogens is 272 g/mol. The van der Waals surface area contributed by atoms with E-state index in [1.54, 1.807) is 0 Å². The predicted octanol–water partition coefficient (Wildman–Crippen LogP) is 3.91. The second kappa shape index (κ2) is 7.76. The molecule has 0 radical (unpaired) electrons. The highest BCUT2D eigenvalue weighted by Crippen LogP contribution is 2.28. The van der Waals surface area contributed by atoms with Gasteiger partial charge in [0.1, 0.15) is 0 Å². The van der Waals surface area contributed by atoms with Crippen LogP contribution in [0, 0.1) is 5.92 Å². The van der Waals surface area contributed by atoms with Crippen LogP contribution in [-0.4, -0.2) is 5.91 Å². The number of carbonyl (C=O) groups is 1. The van der Waals surface area contributed by atoms with Crippen LogP contribution in [0.1, 0.15) is 37.3 Å². The van der Waals surface area contributed by atoms with Crippen LogP contribution in [0.3, 0.4) is 0 Å². The monoisotopic (exact) mass is 296 g/mol. The van der Waals surface area contributed by atoms with Gasteiger partial charge in [-0.2, -0.15) is 0 Å². The summed E-state index contributed by atoms with van der Waals surface area (Å²) in [6.45, 7) is 4.74. The lowest BCUT2D eigenvalue weighted by Crippen LogP contribution is -2.26. The zero-order valence-corrected chi connectivity index (χ0v) is 13.3. The van der Waals surface area contributed by atoms with E-state index in [2.05, 4.69) is 19.2 Å². The van der Waals surface area contributed by atoms with Gasteiger partial charge in [-0.3, -0.25) is 4.79 Å². The fourth-order valence-electron chi connectivity index (χ4n) is 2.58. The fourth-order valence-corrected chi connectivity index (χ4v) is 2.58. The van der Waals surface area contributed by atoms with Gasteiger partial charge in [0.2, 0.25) is 5.91 Å². The Morgan fingerprint density at radius 1 is 1.09 bits per heavy atom. The van der Waals surface area contributed by atoms with Gasteiger partial charge in [0.25, 0.3) is 0 Å². The van der Waals surface area contributed by atoms with Gasteiger partial charge in [0.15, 0.2) is 0 Å². The standard InChI is InChI=1S/C19H24N2O/c1-3-14(2)18(16-7-5-4-6-8-16)19(22)21-17-11-9-15(13-20)10-12-17/h4-12,14,18H,3,13,20H2,1-2H3,(H,21,22). The van der Waals surface area contributed by atoms with Crippen molar-refractivity contribution in [1.82, 2.24) is 0 Å². The van der Waals surface area contributed by atoms with Gasteiger partial charge in [-0.05, 0) is 29.2 Å². The van der Waals surface area contributed by atoms with Gasteiger partial charge in [0.05, 0.1) is 5.92 Å². The van der Waals surface area contributed by atoms with Gasteiger partial charge in [-0.1, -0.05) is 62.7 Å². The summed E-state index contributed by atoms with van der Waals surface area (Å²) in [4.78, 5) is 12.7. The number of anilines is 1. The molecule has 0 fully saturated rings. The molecule has 0 aliphatic heterocycles. The number of rotatable bonds is 6. The van der Waals surface area contributed by atoms with Crippen molar-refractivity contribution in [2.45, 2.75) is 32.7 Å². The van der Waals surface area contributed by atoms with Crippen LogP contribution in [0.4, 0.5) is 5.69 Å². The second-order valence-electron chi connectivity index (χ2n) is 5.66. The second-order valence-corrected chi connectivity index (χ2v) is 5.66. The summed E-state index contributed by atoms with van der Waals surface area (Å²) in [5.74, 6) is 0.187. The third-order valence-electron chi connectivity index (χ3n) is 4.11. The van der Waals surface area contributed by atoms with Crippen molar-refractivity contribution < 1.29 is 4.79 Å². The smallest absolute Gasteiger partial charge is 0.232 e. The first-order chi connectivity index (χ1) is 10.7. The Morgan fingerprint density at radius 2 is 1.73 bits per heavy atom. The minimum Gasteiger partial charge on any atom is -0.326 e. The first-order valence-electron chi connectivity index (χ1n) is 7.80. The number of nitrogens with two attached hydrogens (primary N) is 1. The summed E-state index contributed by atoms with van der Waals surface area (Å²) in [5, 5.41) is 3.03. The van der Waals surface area contributed by atoms with Gasteiger partial charge < -0.3 is 11.1 Å². The molecule has 116 valence electrons. The molecule has 0 aliphatic rings. The number of amides is 1. The Morgan fingerprint density at radius 3 is 2.27 bits per heavy atom. The van der Waals surface area contributed by atoms with Crippen molar-refractivity contribution in [3.63, 3.8) is 0 Å². The Bertz CT molecular complexity index is 593. The highest BCUT2D eigenvalue weighted by atomic mass is 16.1. The molecule has 0 saturated heterocycles. The maximum absolute atomic E-state index is 12.7. The summed E-state index contributed by atoms with van der Waals surface area (Å²) in [6.07, 6.45) is 0.957. The molecule has 0 spiro atoms. The topological polar surface area (TPSA) is 55.1 Å². The molecule has 2 aromatic carbocycles. The van der Waals surface area contributed by atoms with E-state index in [4.69, 9.17) is 5.73 Å². The van der Waals surface area contributed by atoms with E-state index in [1.807, 2.05) is 54.6 Å². The summed E-state index contributed by atoms with van der Waals surface area (Å²) < 4.78 is 0. The van der Waals surface area contributed by atoms with E-state index in [1.165, 1.54) is 0 Å². The van der Waals surface area contributed by atoms with Crippen molar-refractivity contribution in [3.8, 4) is 0 Å². The van der Waals surface area contributed by atoms with Crippen molar-refractivity contribution >= 4 is 11.6 Å². The van der Waals surface area contributed by atoms with E-state index in [-0.39, 0.29) is 17.7 Å². The third kappa shape index (κ3) is 3.95. The predicted molar refractivity (Wildman–Crippen MR) is 91.6 cm³/mol. The number of hydrogen-bond acceptors (Lipinski definition) is 2. The highest BCUT2D eigenvalue weighted by molar-refractivity contribution is 5.96. The lowest BCUT2D eigenvalue weighted by molar-refractivity contribution is -0.118. The van der Waals surface area contributed by atoms with E-state index in [0.717, 1.165) is 23.2 Å². The van der Waals surface area contributed by atoms with Crippen molar-refractivity contribution in [2.75, 3.05) is 5.32 Å². The molecular formula is C19H24N2O. The Labute approximate surface area is 132 Å².